The number of guanidine groups is 1. The van der Waals surface area contributed by atoms with Crippen LogP contribution < -0.4 is 11.1 Å². The molecular weight excluding hydrogens is 361 g/mol. The van der Waals surface area contributed by atoms with E-state index in [1.165, 1.54) is 36.3 Å². The van der Waals surface area contributed by atoms with Gasteiger partial charge in [0.2, 0.25) is 5.91 Å². The summed E-state index contributed by atoms with van der Waals surface area (Å²) < 4.78 is 14.6. The number of benzene rings is 1. The fraction of sp³-hybridized carbons (Fsp3) is 0.300. The van der Waals surface area contributed by atoms with Crippen molar-refractivity contribution in [2.75, 3.05) is 12.4 Å². The molecule has 1 atom stereocenters. The normalized spacial score (nSPS) is 18.6. The van der Waals surface area contributed by atoms with Gasteiger partial charge in [0.25, 0.3) is 5.91 Å². The Hall–Kier alpha value is -3.29. The monoisotopic (exact) mass is 383 g/mol. The van der Waals surface area contributed by atoms with Crippen LogP contribution in [0.5, 0.6) is 0 Å². The van der Waals surface area contributed by atoms with Crippen LogP contribution in [-0.2, 0) is 4.79 Å². The molecule has 2 amide bonds. The predicted molar refractivity (Wildman–Crippen MR) is 104 cm³/mol. The summed E-state index contributed by atoms with van der Waals surface area (Å²) in [6.45, 7) is 5.16. The molecule has 0 bridgehead atoms. The molecule has 3 rings (SSSR count). The lowest BCUT2D eigenvalue weighted by Gasteiger charge is -2.38. The standard InChI is InChI=1S/C20H22FN5O2/c1-11-6-5-9-23-15(11)17(27)24-12-7-8-14(21)13(10-12)16-20(2,3)18(28)26(4)19(22)25-16/h5-10,16H,1-4H3,(H2,22,25)(H,24,27). The van der Waals surface area contributed by atoms with Gasteiger partial charge in [0.15, 0.2) is 5.96 Å². The zero-order valence-electron chi connectivity index (χ0n) is 16.2. The van der Waals surface area contributed by atoms with E-state index < -0.39 is 23.2 Å². The second-order valence-corrected chi connectivity index (χ2v) is 7.34. The van der Waals surface area contributed by atoms with Crippen LogP contribution in [0.15, 0.2) is 41.5 Å². The lowest BCUT2D eigenvalue weighted by atomic mass is 9.78. The predicted octanol–water partition coefficient (Wildman–Crippen LogP) is 2.64. The maximum atomic E-state index is 14.6. The minimum Gasteiger partial charge on any atom is -0.369 e. The van der Waals surface area contributed by atoms with Crippen molar-refractivity contribution in [2.45, 2.75) is 26.8 Å². The number of hydrogen-bond acceptors (Lipinski definition) is 5. The molecule has 0 saturated carbocycles. The molecule has 1 aromatic carbocycles. The van der Waals surface area contributed by atoms with Crippen LogP contribution in [0.25, 0.3) is 0 Å². The summed E-state index contributed by atoms with van der Waals surface area (Å²) in [5, 5.41) is 2.72. The van der Waals surface area contributed by atoms with E-state index in [-0.39, 0.29) is 23.1 Å². The number of aromatic nitrogens is 1. The lowest BCUT2D eigenvalue weighted by molar-refractivity contribution is -0.137. The van der Waals surface area contributed by atoms with Crippen LogP contribution >= 0.6 is 0 Å². The van der Waals surface area contributed by atoms with Gasteiger partial charge >= 0.3 is 0 Å². The Bertz CT molecular complexity index is 986. The zero-order valence-corrected chi connectivity index (χ0v) is 16.2. The van der Waals surface area contributed by atoms with E-state index in [1.54, 1.807) is 32.9 Å². The smallest absolute Gasteiger partial charge is 0.274 e. The van der Waals surface area contributed by atoms with Crippen molar-refractivity contribution in [2.24, 2.45) is 16.1 Å². The second-order valence-electron chi connectivity index (χ2n) is 7.34. The third-order valence-electron chi connectivity index (χ3n) is 4.92. The summed E-state index contributed by atoms with van der Waals surface area (Å²) in [6.07, 6.45) is 1.53. The molecular formula is C20H22FN5O2. The number of nitrogens with two attached hydrogens (primary N) is 1. The zero-order chi connectivity index (χ0) is 20.6. The average Bonchev–Trinajstić information content (AvgIpc) is 2.65. The van der Waals surface area contributed by atoms with E-state index in [1.807, 2.05) is 0 Å². The summed E-state index contributed by atoms with van der Waals surface area (Å²) in [5.41, 5.74) is 6.40. The maximum absolute atomic E-state index is 14.6. The number of halogens is 1. The molecule has 0 fully saturated rings. The fourth-order valence-corrected chi connectivity index (χ4v) is 3.24. The third-order valence-corrected chi connectivity index (χ3v) is 4.92. The van der Waals surface area contributed by atoms with Gasteiger partial charge in [0, 0.05) is 24.5 Å². The molecule has 0 spiro atoms. The Balaban J connectivity index is 1.97. The van der Waals surface area contributed by atoms with Gasteiger partial charge < -0.3 is 11.1 Å². The molecule has 2 heterocycles. The number of aliphatic imine (C=N–C) groups is 1. The SMILES string of the molecule is Cc1cccnc1C(=O)Nc1ccc(F)c(C2N=C(N)N(C)C(=O)C2(C)C)c1. The molecule has 28 heavy (non-hydrogen) atoms. The van der Waals surface area contributed by atoms with Gasteiger partial charge in [0.1, 0.15) is 11.5 Å². The summed E-state index contributed by atoms with van der Waals surface area (Å²) in [6, 6.07) is 6.87. The van der Waals surface area contributed by atoms with Gasteiger partial charge in [-0.25, -0.2) is 9.38 Å². The minimum absolute atomic E-state index is 0.0206. The number of pyridine rings is 1. The average molecular weight is 383 g/mol. The molecule has 7 nitrogen and oxygen atoms in total. The summed E-state index contributed by atoms with van der Waals surface area (Å²) in [5.74, 6) is -1.17. The first-order valence-corrected chi connectivity index (χ1v) is 8.76. The van der Waals surface area contributed by atoms with E-state index >= 15 is 0 Å². The number of carbonyl (C=O) groups is 2. The van der Waals surface area contributed by atoms with Gasteiger partial charge in [-0.05, 0) is 50.6 Å². The van der Waals surface area contributed by atoms with Gasteiger partial charge in [-0.2, -0.15) is 0 Å². The molecule has 1 unspecified atom stereocenters. The van der Waals surface area contributed by atoms with Gasteiger partial charge in [-0.1, -0.05) is 6.07 Å². The van der Waals surface area contributed by atoms with Crippen LogP contribution in [-0.4, -0.2) is 34.7 Å². The van der Waals surface area contributed by atoms with Crippen LogP contribution in [0.4, 0.5) is 10.1 Å². The third kappa shape index (κ3) is 3.33. The van der Waals surface area contributed by atoms with E-state index in [4.69, 9.17) is 5.73 Å². The van der Waals surface area contributed by atoms with Gasteiger partial charge in [-0.3, -0.25) is 19.5 Å². The number of aryl methyl sites for hydroxylation is 1. The largest absolute Gasteiger partial charge is 0.369 e. The molecule has 2 aromatic rings. The Labute approximate surface area is 162 Å². The molecule has 146 valence electrons. The minimum atomic E-state index is -1.00. The molecule has 1 aromatic heterocycles. The number of carbonyl (C=O) groups excluding carboxylic acids is 2. The fourth-order valence-electron chi connectivity index (χ4n) is 3.24. The number of anilines is 1. The van der Waals surface area contributed by atoms with Crippen molar-refractivity contribution in [3.8, 4) is 0 Å². The van der Waals surface area contributed by atoms with Crippen molar-refractivity contribution < 1.29 is 14.0 Å². The van der Waals surface area contributed by atoms with E-state index in [0.717, 1.165) is 5.56 Å². The van der Waals surface area contributed by atoms with Crippen molar-refractivity contribution in [3.05, 3.63) is 59.2 Å². The van der Waals surface area contributed by atoms with E-state index in [2.05, 4.69) is 15.3 Å². The van der Waals surface area contributed by atoms with Crippen LogP contribution in [0.3, 0.4) is 0 Å². The summed E-state index contributed by atoms with van der Waals surface area (Å²) >= 11 is 0. The first-order chi connectivity index (χ1) is 13.1. The summed E-state index contributed by atoms with van der Waals surface area (Å²) in [4.78, 5) is 34.8. The van der Waals surface area contributed by atoms with Gasteiger partial charge in [-0.15, -0.1) is 0 Å². The highest BCUT2D eigenvalue weighted by atomic mass is 19.1. The number of hydrogen-bond donors (Lipinski definition) is 2. The van der Waals surface area contributed by atoms with Crippen molar-refractivity contribution in [3.63, 3.8) is 0 Å². The number of amides is 2. The molecule has 1 aliphatic heterocycles. The molecule has 8 heteroatoms. The maximum Gasteiger partial charge on any atom is 0.274 e. The lowest BCUT2D eigenvalue weighted by Crippen LogP contribution is -2.51. The van der Waals surface area contributed by atoms with E-state index in [9.17, 15) is 14.0 Å². The van der Waals surface area contributed by atoms with Crippen molar-refractivity contribution in [1.29, 1.82) is 0 Å². The molecule has 0 saturated heterocycles. The highest BCUT2D eigenvalue weighted by molar-refractivity contribution is 6.04. The van der Waals surface area contributed by atoms with Crippen molar-refractivity contribution >= 4 is 23.5 Å². The highest BCUT2D eigenvalue weighted by Gasteiger charge is 2.45. The Morgan fingerprint density at radius 3 is 2.71 bits per heavy atom. The van der Waals surface area contributed by atoms with Crippen LogP contribution in [0.2, 0.25) is 0 Å². The van der Waals surface area contributed by atoms with E-state index in [0.29, 0.717) is 5.69 Å². The number of nitrogens with zero attached hydrogens (tertiary/aromatic N) is 3. The van der Waals surface area contributed by atoms with Crippen LogP contribution in [0.1, 0.15) is 41.5 Å². The molecule has 3 N–H and O–H groups in total. The molecule has 1 aliphatic rings. The van der Waals surface area contributed by atoms with Crippen molar-refractivity contribution in [1.82, 2.24) is 9.88 Å². The number of nitrogens with one attached hydrogen (secondary N) is 1. The second kappa shape index (κ2) is 7.03. The highest BCUT2D eigenvalue weighted by Crippen LogP contribution is 2.42. The van der Waals surface area contributed by atoms with Gasteiger partial charge in [0.05, 0.1) is 11.5 Å². The molecule has 0 radical (unpaired) electrons. The first-order valence-electron chi connectivity index (χ1n) is 8.76. The first kappa shape index (κ1) is 19.5. The topological polar surface area (TPSA) is 101 Å². The quantitative estimate of drug-likeness (QED) is 0.851. The van der Waals surface area contributed by atoms with Crippen LogP contribution in [0, 0.1) is 18.2 Å². The Morgan fingerprint density at radius 1 is 1.32 bits per heavy atom. The molecule has 0 aliphatic carbocycles. The summed E-state index contributed by atoms with van der Waals surface area (Å²) in [7, 11) is 1.53. The number of rotatable bonds is 3. The Kier molecular flexibility index (Phi) is 4.89. The Morgan fingerprint density at radius 2 is 2.04 bits per heavy atom.